The molecule has 0 N–H and O–H groups in total. The number of hydrogen-bond acceptors (Lipinski definition) is 3. The van der Waals surface area contributed by atoms with Crippen LogP contribution < -0.4 is 0 Å². The molecule has 1 aromatic rings. The topological polar surface area (TPSA) is 35.5 Å². The molecule has 98 valence electrons. The van der Waals surface area contributed by atoms with Crippen molar-refractivity contribution in [1.82, 2.24) is 0 Å². The lowest BCUT2D eigenvalue weighted by Crippen LogP contribution is -2.09. The minimum Gasteiger partial charge on any atom is -0.463 e. The first-order valence-corrected chi connectivity index (χ1v) is 6.11. The molecule has 0 radical (unpaired) electrons. The summed E-state index contributed by atoms with van der Waals surface area (Å²) in [5.41, 5.74) is 0.988. The molecule has 0 saturated heterocycles. The van der Waals surface area contributed by atoms with E-state index in [1.54, 1.807) is 13.2 Å². The van der Waals surface area contributed by atoms with Crippen LogP contribution in [-0.4, -0.2) is 26.3 Å². The van der Waals surface area contributed by atoms with Gasteiger partial charge >= 0.3 is 5.97 Å². The van der Waals surface area contributed by atoms with Crippen molar-refractivity contribution in [2.45, 2.75) is 13.3 Å². The van der Waals surface area contributed by atoms with Crippen LogP contribution in [0.25, 0.3) is 6.08 Å². The van der Waals surface area contributed by atoms with Gasteiger partial charge in [-0.25, -0.2) is 4.79 Å². The van der Waals surface area contributed by atoms with Crippen LogP contribution in [0.2, 0.25) is 0 Å². The summed E-state index contributed by atoms with van der Waals surface area (Å²) in [5.74, 6) is 0.101. The van der Waals surface area contributed by atoms with Crippen molar-refractivity contribution < 1.29 is 14.3 Å². The molecule has 0 aliphatic heterocycles. The Morgan fingerprint density at radius 3 is 2.72 bits per heavy atom. The van der Waals surface area contributed by atoms with Gasteiger partial charge in [0.1, 0.15) is 0 Å². The molecule has 0 bridgehead atoms. The maximum absolute atomic E-state index is 11.4. The monoisotopic (exact) mass is 248 g/mol. The van der Waals surface area contributed by atoms with E-state index in [2.05, 4.69) is 6.92 Å². The largest absolute Gasteiger partial charge is 0.463 e. The molecule has 0 fully saturated rings. The number of ether oxygens (including phenoxy) is 2. The summed E-state index contributed by atoms with van der Waals surface area (Å²) in [7, 11) is 1.67. The molecule has 1 aromatic carbocycles. The van der Waals surface area contributed by atoms with Crippen LogP contribution in [0.4, 0.5) is 0 Å². The predicted octanol–water partition coefficient (Wildman–Crippen LogP) is 2.92. The molecule has 1 atom stereocenters. The van der Waals surface area contributed by atoms with Gasteiger partial charge in [0.05, 0.1) is 6.61 Å². The van der Waals surface area contributed by atoms with Crippen molar-refractivity contribution in [2.24, 2.45) is 5.92 Å². The second kappa shape index (κ2) is 8.48. The van der Waals surface area contributed by atoms with Crippen LogP contribution in [0.1, 0.15) is 18.9 Å². The molecule has 3 heteroatoms. The molecule has 0 spiro atoms. The fourth-order valence-electron chi connectivity index (χ4n) is 1.51. The maximum atomic E-state index is 11.4. The van der Waals surface area contributed by atoms with Gasteiger partial charge in [0, 0.05) is 19.8 Å². The van der Waals surface area contributed by atoms with Gasteiger partial charge in [-0.2, -0.15) is 0 Å². The van der Waals surface area contributed by atoms with Gasteiger partial charge in [0.15, 0.2) is 0 Å². The van der Waals surface area contributed by atoms with Gasteiger partial charge in [0.2, 0.25) is 0 Å². The number of esters is 1. The molecule has 1 unspecified atom stereocenters. The third-order valence-electron chi connectivity index (χ3n) is 2.52. The SMILES string of the molecule is COCC(C)CCOC(=O)C=Cc1ccccc1. The van der Waals surface area contributed by atoms with Crippen molar-refractivity contribution in [3.63, 3.8) is 0 Å². The van der Waals surface area contributed by atoms with Crippen LogP contribution in [0, 0.1) is 5.92 Å². The van der Waals surface area contributed by atoms with Crippen LogP contribution in [-0.2, 0) is 14.3 Å². The quantitative estimate of drug-likeness (QED) is 0.550. The Balaban J connectivity index is 2.24. The Bertz CT molecular complexity index is 371. The molecule has 18 heavy (non-hydrogen) atoms. The molecule has 3 nitrogen and oxygen atoms in total. The van der Waals surface area contributed by atoms with E-state index < -0.39 is 0 Å². The van der Waals surface area contributed by atoms with Gasteiger partial charge in [-0.15, -0.1) is 0 Å². The number of rotatable bonds is 7. The third-order valence-corrected chi connectivity index (χ3v) is 2.52. The zero-order chi connectivity index (χ0) is 13.2. The van der Waals surface area contributed by atoms with Crippen LogP contribution in [0.3, 0.4) is 0 Å². The minimum atomic E-state index is -0.302. The zero-order valence-corrected chi connectivity index (χ0v) is 11.0. The van der Waals surface area contributed by atoms with E-state index in [0.29, 0.717) is 19.1 Å². The lowest BCUT2D eigenvalue weighted by atomic mass is 10.1. The van der Waals surface area contributed by atoms with Crippen LogP contribution in [0.15, 0.2) is 36.4 Å². The first kappa shape index (κ1) is 14.5. The van der Waals surface area contributed by atoms with Crippen molar-refractivity contribution in [3.8, 4) is 0 Å². The summed E-state index contributed by atoms with van der Waals surface area (Å²) in [6.07, 6.45) is 4.02. The van der Waals surface area contributed by atoms with Crippen molar-refractivity contribution in [1.29, 1.82) is 0 Å². The fourth-order valence-corrected chi connectivity index (χ4v) is 1.51. The average molecular weight is 248 g/mol. The molecule has 0 aromatic heterocycles. The summed E-state index contributed by atoms with van der Waals surface area (Å²) < 4.78 is 10.1. The second-order valence-electron chi connectivity index (χ2n) is 4.26. The molecule has 1 rings (SSSR count). The van der Waals surface area contributed by atoms with E-state index in [9.17, 15) is 4.79 Å². The summed E-state index contributed by atoms with van der Waals surface area (Å²) in [6, 6.07) is 9.66. The zero-order valence-electron chi connectivity index (χ0n) is 11.0. The van der Waals surface area contributed by atoms with Crippen molar-refractivity contribution in [3.05, 3.63) is 42.0 Å². The molecule has 0 saturated carbocycles. The number of carbonyl (C=O) groups excluding carboxylic acids is 1. The molecule has 0 aliphatic carbocycles. The Morgan fingerprint density at radius 1 is 1.33 bits per heavy atom. The first-order chi connectivity index (χ1) is 8.72. The van der Waals surface area contributed by atoms with Gasteiger partial charge in [-0.1, -0.05) is 37.3 Å². The number of carbonyl (C=O) groups is 1. The summed E-state index contributed by atoms with van der Waals surface area (Å²) >= 11 is 0. The summed E-state index contributed by atoms with van der Waals surface area (Å²) in [4.78, 5) is 11.4. The normalized spacial score (nSPS) is 12.6. The molecular formula is C15H20O3. The third kappa shape index (κ3) is 6.21. The first-order valence-electron chi connectivity index (χ1n) is 6.11. The highest BCUT2D eigenvalue weighted by Crippen LogP contribution is 2.03. The predicted molar refractivity (Wildman–Crippen MR) is 72.1 cm³/mol. The highest BCUT2D eigenvalue weighted by Gasteiger charge is 2.03. The maximum Gasteiger partial charge on any atom is 0.330 e. The molecule has 0 amide bonds. The average Bonchev–Trinajstić information content (AvgIpc) is 2.38. The van der Waals surface area contributed by atoms with E-state index in [1.165, 1.54) is 6.08 Å². The highest BCUT2D eigenvalue weighted by atomic mass is 16.5. The van der Waals surface area contributed by atoms with Crippen molar-refractivity contribution in [2.75, 3.05) is 20.3 Å². The van der Waals surface area contributed by atoms with Crippen LogP contribution in [0.5, 0.6) is 0 Å². The summed E-state index contributed by atoms with van der Waals surface area (Å²) in [5, 5.41) is 0. The Hall–Kier alpha value is -1.61. The van der Waals surface area contributed by atoms with E-state index in [4.69, 9.17) is 9.47 Å². The highest BCUT2D eigenvalue weighted by molar-refractivity contribution is 5.86. The minimum absolute atomic E-state index is 0.302. The van der Waals surface area contributed by atoms with Gasteiger partial charge in [-0.05, 0) is 24.0 Å². The van der Waals surface area contributed by atoms with Gasteiger partial charge < -0.3 is 9.47 Å². The lowest BCUT2D eigenvalue weighted by molar-refractivity contribution is -0.138. The van der Waals surface area contributed by atoms with E-state index >= 15 is 0 Å². The van der Waals surface area contributed by atoms with Gasteiger partial charge in [-0.3, -0.25) is 0 Å². The smallest absolute Gasteiger partial charge is 0.330 e. The molecule has 0 heterocycles. The Morgan fingerprint density at radius 2 is 2.06 bits per heavy atom. The number of hydrogen-bond donors (Lipinski definition) is 0. The summed E-state index contributed by atoms with van der Waals surface area (Å²) in [6.45, 7) is 3.19. The Kier molecular flexibility index (Phi) is 6.81. The van der Waals surface area contributed by atoms with Gasteiger partial charge in [0.25, 0.3) is 0 Å². The Labute approximate surface area is 108 Å². The van der Waals surface area contributed by atoms with E-state index in [-0.39, 0.29) is 5.97 Å². The molecule has 0 aliphatic rings. The van der Waals surface area contributed by atoms with E-state index in [0.717, 1.165) is 12.0 Å². The van der Waals surface area contributed by atoms with E-state index in [1.807, 2.05) is 30.3 Å². The number of benzene rings is 1. The lowest BCUT2D eigenvalue weighted by Gasteiger charge is -2.09. The fraction of sp³-hybridized carbons (Fsp3) is 0.400. The number of methoxy groups -OCH3 is 1. The molecular weight excluding hydrogens is 228 g/mol. The second-order valence-corrected chi connectivity index (χ2v) is 4.26. The standard InChI is InChI=1S/C15H20O3/c1-13(12-17-2)10-11-18-15(16)9-8-14-6-4-3-5-7-14/h3-9,13H,10-12H2,1-2H3. The van der Waals surface area contributed by atoms with Crippen LogP contribution >= 0.6 is 0 Å². The van der Waals surface area contributed by atoms with Crippen molar-refractivity contribution >= 4 is 12.0 Å².